The van der Waals surface area contributed by atoms with Crippen molar-refractivity contribution in [2.45, 2.75) is 51.1 Å². The van der Waals surface area contributed by atoms with Crippen LogP contribution in [-0.2, 0) is 9.59 Å². The summed E-state index contributed by atoms with van der Waals surface area (Å²) < 4.78 is 0. The molecule has 2 rings (SSSR count). The number of carboxylic acid groups (broad SMARTS) is 1. The zero-order valence-electron chi connectivity index (χ0n) is 12.4. The number of carbonyl (C=O) groups excluding carboxylic acids is 2. The van der Waals surface area contributed by atoms with Crippen LogP contribution in [0.1, 0.15) is 39.0 Å². The average Bonchev–Trinajstić information content (AvgIpc) is 3.07. The molecule has 0 aliphatic carbocycles. The van der Waals surface area contributed by atoms with Crippen LogP contribution in [0, 0.1) is 0 Å². The molecule has 2 aliphatic heterocycles. The molecule has 0 spiro atoms. The van der Waals surface area contributed by atoms with Gasteiger partial charge < -0.3 is 20.2 Å². The molecule has 118 valence electrons. The number of hydrogen-bond acceptors (Lipinski definition) is 3. The first kappa shape index (κ1) is 15.6. The maximum atomic E-state index is 12.2. The summed E-state index contributed by atoms with van der Waals surface area (Å²) in [5.41, 5.74) is 0. The van der Waals surface area contributed by atoms with Crippen LogP contribution in [0.25, 0.3) is 0 Å². The minimum Gasteiger partial charge on any atom is -0.481 e. The number of amides is 3. The number of likely N-dealkylation sites (tertiary alicyclic amines) is 2. The van der Waals surface area contributed by atoms with E-state index in [1.807, 2.05) is 0 Å². The van der Waals surface area contributed by atoms with Crippen molar-refractivity contribution < 1.29 is 19.5 Å². The first-order valence-electron chi connectivity index (χ1n) is 7.56. The highest BCUT2D eigenvalue weighted by Crippen LogP contribution is 2.20. The van der Waals surface area contributed by atoms with Gasteiger partial charge >= 0.3 is 12.0 Å². The van der Waals surface area contributed by atoms with Gasteiger partial charge in [0.15, 0.2) is 0 Å². The normalized spacial score (nSPS) is 23.2. The third kappa shape index (κ3) is 3.86. The van der Waals surface area contributed by atoms with Crippen LogP contribution in [0.4, 0.5) is 4.79 Å². The number of rotatable bonds is 4. The summed E-state index contributed by atoms with van der Waals surface area (Å²) in [4.78, 5) is 38.5. The molecule has 2 unspecified atom stereocenters. The lowest BCUT2D eigenvalue weighted by atomic mass is 10.1. The van der Waals surface area contributed by atoms with Crippen molar-refractivity contribution in [3.8, 4) is 0 Å². The number of nitrogens with zero attached hydrogens (tertiary/aromatic N) is 2. The van der Waals surface area contributed by atoms with Crippen LogP contribution >= 0.6 is 0 Å². The summed E-state index contributed by atoms with van der Waals surface area (Å²) in [5, 5.41) is 11.6. The molecule has 7 nitrogen and oxygen atoms in total. The Hall–Kier alpha value is -1.79. The van der Waals surface area contributed by atoms with E-state index in [0.717, 1.165) is 32.4 Å². The summed E-state index contributed by atoms with van der Waals surface area (Å²) in [6, 6.07) is -1.17. The highest BCUT2D eigenvalue weighted by atomic mass is 16.4. The molecule has 0 saturated carbocycles. The first-order valence-corrected chi connectivity index (χ1v) is 7.56. The van der Waals surface area contributed by atoms with E-state index in [-0.39, 0.29) is 24.4 Å². The van der Waals surface area contributed by atoms with Crippen molar-refractivity contribution in [3.05, 3.63) is 0 Å². The maximum Gasteiger partial charge on any atom is 0.318 e. The summed E-state index contributed by atoms with van der Waals surface area (Å²) in [7, 11) is 0. The molecule has 7 heteroatoms. The van der Waals surface area contributed by atoms with Gasteiger partial charge in [0.1, 0.15) is 6.04 Å². The van der Waals surface area contributed by atoms with E-state index in [2.05, 4.69) is 5.32 Å². The number of carbonyl (C=O) groups is 3. The SMILES string of the molecule is CC(NC(=O)N1CCCC1CC(=O)O)C(=O)N1CCCC1. The van der Waals surface area contributed by atoms with E-state index in [9.17, 15) is 14.4 Å². The molecule has 2 N–H and O–H groups in total. The van der Waals surface area contributed by atoms with Crippen LogP contribution in [0.3, 0.4) is 0 Å². The topological polar surface area (TPSA) is 90.0 Å². The predicted octanol–water partition coefficient (Wildman–Crippen LogP) is 0.646. The molecule has 2 fully saturated rings. The number of nitrogens with one attached hydrogen (secondary N) is 1. The molecule has 2 atom stereocenters. The second-order valence-corrected chi connectivity index (χ2v) is 5.79. The molecule has 21 heavy (non-hydrogen) atoms. The standard InChI is InChI=1S/C14H23N3O4/c1-10(13(20)16-6-2-3-7-16)15-14(21)17-8-4-5-11(17)9-12(18)19/h10-11H,2-9H2,1H3,(H,15,21)(H,18,19). The van der Waals surface area contributed by atoms with Gasteiger partial charge in [0.05, 0.1) is 6.42 Å². The van der Waals surface area contributed by atoms with Gasteiger partial charge in [-0.2, -0.15) is 0 Å². The Morgan fingerprint density at radius 2 is 1.86 bits per heavy atom. The van der Waals surface area contributed by atoms with Gasteiger partial charge in [0.25, 0.3) is 0 Å². The van der Waals surface area contributed by atoms with Gasteiger partial charge in [-0.15, -0.1) is 0 Å². The van der Waals surface area contributed by atoms with Gasteiger partial charge in [-0.3, -0.25) is 9.59 Å². The maximum absolute atomic E-state index is 12.2. The number of aliphatic carboxylic acids is 1. The minimum absolute atomic E-state index is 0.0398. The monoisotopic (exact) mass is 297 g/mol. The zero-order chi connectivity index (χ0) is 15.4. The lowest BCUT2D eigenvalue weighted by Crippen LogP contribution is -2.51. The molecule has 2 aliphatic rings. The lowest BCUT2D eigenvalue weighted by Gasteiger charge is -2.27. The lowest BCUT2D eigenvalue weighted by molar-refractivity contribution is -0.138. The quantitative estimate of drug-likeness (QED) is 0.797. The Kier molecular flexibility index (Phi) is 5.03. The fraction of sp³-hybridized carbons (Fsp3) is 0.786. The minimum atomic E-state index is -0.902. The Morgan fingerprint density at radius 3 is 2.48 bits per heavy atom. The molecule has 0 aromatic heterocycles. The van der Waals surface area contributed by atoms with Crippen molar-refractivity contribution in [1.82, 2.24) is 15.1 Å². The molecular formula is C14H23N3O4. The summed E-state index contributed by atoms with van der Waals surface area (Å²) in [6.45, 7) is 3.74. The summed E-state index contributed by atoms with van der Waals surface area (Å²) in [5.74, 6) is -0.962. The summed E-state index contributed by atoms with van der Waals surface area (Å²) >= 11 is 0. The molecule has 0 aromatic rings. The van der Waals surface area contributed by atoms with E-state index in [4.69, 9.17) is 5.11 Å². The molecule has 2 saturated heterocycles. The Balaban J connectivity index is 1.87. The third-order valence-electron chi connectivity index (χ3n) is 4.18. The van der Waals surface area contributed by atoms with E-state index >= 15 is 0 Å². The van der Waals surface area contributed by atoms with Crippen LogP contribution < -0.4 is 5.32 Å². The van der Waals surface area contributed by atoms with Crippen LogP contribution in [0.15, 0.2) is 0 Å². The smallest absolute Gasteiger partial charge is 0.318 e. The third-order valence-corrected chi connectivity index (χ3v) is 4.18. The van der Waals surface area contributed by atoms with Crippen molar-refractivity contribution >= 4 is 17.9 Å². The zero-order valence-corrected chi connectivity index (χ0v) is 12.4. The largest absolute Gasteiger partial charge is 0.481 e. The van der Waals surface area contributed by atoms with Crippen molar-refractivity contribution in [1.29, 1.82) is 0 Å². The molecule has 0 bridgehead atoms. The first-order chi connectivity index (χ1) is 9.99. The van der Waals surface area contributed by atoms with Crippen molar-refractivity contribution in [2.75, 3.05) is 19.6 Å². The molecule has 2 heterocycles. The number of carboxylic acids is 1. The van der Waals surface area contributed by atoms with Crippen molar-refractivity contribution in [3.63, 3.8) is 0 Å². The van der Waals surface area contributed by atoms with Gasteiger partial charge in [-0.05, 0) is 32.6 Å². The van der Waals surface area contributed by atoms with Crippen molar-refractivity contribution in [2.24, 2.45) is 0 Å². The van der Waals surface area contributed by atoms with Crippen LogP contribution in [-0.4, -0.2) is 64.5 Å². The predicted molar refractivity (Wildman–Crippen MR) is 75.8 cm³/mol. The average molecular weight is 297 g/mol. The summed E-state index contributed by atoms with van der Waals surface area (Å²) in [6.07, 6.45) is 3.49. The fourth-order valence-electron chi connectivity index (χ4n) is 3.06. The molecule has 3 amide bonds. The highest BCUT2D eigenvalue weighted by Gasteiger charge is 2.32. The van der Waals surface area contributed by atoms with Crippen LogP contribution in [0.2, 0.25) is 0 Å². The van der Waals surface area contributed by atoms with E-state index < -0.39 is 12.0 Å². The molecule has 0 radical (unpaired) electrons. The van der Waals surface area contributed by atoms with Gasteiger partial charge in [0, 0.05) is 25.7 Å². The Morgan fingerprint density at radius 1 is 1.19 bits per heavy atom. The Bertz CT molecular complexity index is 420. The van der Waals surface area contributed by atoms with Crippen LogP contribution in [0.5, 0.6) is 0 Å². The fourth-order valence-corrected chi connectivity index (χ4v) is 3.06. The highest BCUT2D eigenvalue weighted by molar-refractivity contribution is 5.87. The van der Waals surface area contributed by atoms with Gasteiger partial charge in [-0.1, -0.05) is 0 Å². The Labute approximate surface area is 124 Å². The second-order valence-electron chi connectivity index (χ2n) is 5.79. The van der Waals surface area contributed by atoms with E-state index in [1.165, 1.54) is 0 Å². The van der Waals surface area contributed by atoms with Gasteiger partial charge in [0.2, 0.25) is 5.91 Å². The molecular weight excluding hydrogens is 274 g/mol. The second kappa shape index (κ2) is 6.78. The number of hydrogen-bond donors (Lipinski definition) is 2. The number of urea groups is 1. The van der Waals surface area contributed by atoms with E-state index in [0.29, 0.717) is 13.0 Å². The van der Waals surface area contributed by atoms with E-state index in [1.54, 1.807) is 16.7 Å². The van der Waals surface area contributed by atoms with Gasteiger partial charge in [-0.25, -0.2) is 4.79 Å². The molecule has 0 aromatic carbocycles.